The third kappa shape index (κ3) is 4.18. The highest BCUT2D eigenvalue weighted by atomic mass is 35.5. The van der Waals surface area contributed by atoms with Gasteiger partial charge in [-0.05, 0) is 49.9 Å². The smallest absolute Gasteiger partial charge is 0.247 e. The van der Waals surface area contributed by atoms with Gasteiger partial charge in [0.2, 0.25) is 11.8 Å². The Balaban J connectivity index is 1.73. The largest absolute Gasteiger partial charge is 0.497 e. The van der Waals surface area contributed by atoms with Crippen LogP contribution in [0.25, 0.3) is 11.5 Å². The Morgan fingerprint density at radius 2 is 1.96 bits per heavy atom. The molecule has 1 heterocycles. The number of ether oxygens (including phenoxy) is 1. The zero-order valence-electron chi connectivity index (χ0n) is 14.4. The van der Waals surface area contributed by atoms with Gasteiger partial charge in [-0.3, -0.25) is 4.90 Å². The van der Waals surface area contributed by atoms with Gasteiger partial charge >= 0.3 is 0 Å². The van der Waals surface area contributed by atoms with Crippen molar-refractivity contribution in [1.29, 1.82) is 0 Å². The van der Waals surface area contributed by atoms with Gasteiger partial charge in [0.25, 0.3) is 0 Å². The normalized spacial score (nSPS) is 12.4. The summed E-state index contributed by atoms with van der Waals surface area (Å²) in [5.74, 6) is 1.89. The number of benzene rings is 2. The molecule has 0 N–H and O–H groups in total. The molecule has 0 aliphatic rings. The fraction of sp³-hybridized carbons (Fsp3) is 0.263. The molecule has 0 amide bonds. The quantitative estimate of drug-likeness (QED) is 0.645. The van der Waals surface area contributed by atoms with Gasteiger partial charge in [0.05, 0.1) is 13.2 Å². The summed E-state index contributed by atoms with van der Waals surface area (Å²) in [6, 6.07) is 15.4. The number of hydrogen-bond acceptors (Lipinski definition) is 5. The fourth-order valence-corrected chi connectivity index (χ4v) is 2.72. The standard InChI is InChI=1S/C19H20ClN3O2/c1-13(23(2)12-14-6-4-9-17(10-14)24-3)18-21-22-19(25-18)15-7-5-8-16(20)11-15/h4-11,13H,12H2,1-3H3/t13-/m1/s1. The van der Waals surface area contributed by atoms with E-state index in [-0.39, 0.29) is 6.04 Å². The van der Waals surface area contributed by atoms with Crippen molar-refractivity contribution in [2.75, 3.05) is 14.2 Å². The predicted octanol–water partition coefficient (Wildman–Crippen LogP) is 4.59. The maximum atomic E-state index is 6.02. The van der Waals surface area contributed by atoms with E-state index in [4.69, 9.17) is 20.8 Å². The molecule has 0 unspecified atom stereocenters. The molecule has 130 valence electrons. The second-order valence-corrected chi connectivity index (χ2v) is 6.33. The summed E-state index contributed by atoms with van der Waals surface area (Å²) in [5, 5.41) is 8.98. The van der Waals surface area contributed by atoms with Crippen molar-refractivity contribution >= 4 is 11.6 Å². The molecule has 25 heavy (non-hydrogen) atoms. The van der Waals surface area contributed by atoms with Crippen LogP contribution in [0, 0.1) is 0 Å². The minimum absolute atomic E-state index is 0.0216. The number of rotatable bonds is 6. The van der Waals surface area contributed by atoms with Crippen LogP contribution in [0.5, 0.6) is 5.75 Å². The summed E-state index contributed by atoms with van der Waals surface area (Å²) in [6.45, 7) is 2.78. The Bertz CT molecular complexity index is 850. The molecule has 0 radical (unpaired) electrons. The molecule has 6 heteroatoms. The van der Waals surface area contributed by atoms with Crippen molar-refractivity contribution in [2.45, 2.75) is 19.5 Å². The summed E-state index contributed by atoms with van der Waals surface area (Å²) in [5.41, 5.74) is 1.97. The monoisotopic (exact) mass is 357 g/mol. The fourth-order valence-electron chi connectivity index (χ4n) is 2.53. The summed E-state index contributed by atoms with van der Waals surface area (Å²) in [4.78, 5) is 2.14. The molecule has 0 bridgehead atoms. The molecular weight excluding hydrogens is 338 g/mol. The van der Waals surface area contributed by atoms with E-state index in [1.807, 2.05) is 56.4 Å². The van der Waals surface area contributed by atoms with E-state index in [1.54, 1.807) is 7.11 Å². The molecule has 3 aromatic rings. The zero-order valence-corrected chi connectivity index (χ0v) is 15.2. The van der Waals surface area contributed by atoms with E-state index in [0.717, 1.165) is 23.4 Å². The lowest BCUT2D eigenvalue weighted by molar-refractivity contribution is 0.218. The molecule has 5 nitrogen and oxygen atoms in total. The zero-order chi connectivity index (χ0) is 17.8. The van der Waals surface area contributed by atoms with Crippen LogP contribution < -0.4 is 4.74 Å². The van der Waals surface area contributed by atoms with Gasteiger partial charge in [-0.25, -0.2) is 0 Å². The minimum Gasteiger partial charge on any atom is -0.497 e. The van der Waals surface area contributed by atoms with Gasteiger partial charge in [0.15, 0.2) is 0 Å². The lowest BCUT2D eigenvalue weighted by Gasteiger charge is -2.21. The van der Waals surface area contributed by atoms with E-state index in [1.165, 1.54) is 0 Å². The first kappa shape index (κ1) is 17.5. The van der Waals surface area contributed by atoms with Gasteiger partial charge < -0.3 is 9.15 Å². The van der Waals surface area contributed by atoms with E-state index < -0.39 is 0 Å². The molecular formula is C19H20ClN3O2. The van der Waals surface area contributed by atoms with Gasteiger partial charge in [-0.15, -0.1) is 10.2 Å². The lowest BCUT2D eigenvalue weighted by atomic mass is 10.2. The number of aromatic nitrogens is 2. The highest BCUT2D eigenvalue weighted by Crippen LogP contribution is 2.26. The van der Waals surface area contributed by atoms with Crippen LogP contribution in [0.1, 0.15) is 24.4 Å². The van der Waals surface area contributed by atoms with E-state index in [2.05, 4.69) is 21.2 Å². The number of methoxy groups -OCH3 is 1. The van der Waals surface area contributed by atoms with Crippen molar-refractivity contribution in [3.8, 4) is 17.2 Å². The average Bonchev–Trinajstić information content (AvgIpc) is 3.11. The van der Waals surface area contributed by atoms with Gasteiger partial charge in [0.1, 0.15) is 5.75 Å². The number of halogens is 1. The molecule has 0 saturated heterocycles. The second-order valence-electron chi connectivity index (χ2n) is 5.90. The molecule has 0 spiro atoms. The first-order valence-corrected chi connectivity index (χ1v) is 8.37. The number of hydrogen-bond donors (Lipinski definition) is 0. The van der Waals surface area contributed by atoms with Gasteiger partial charge in [0, 0.05) is 17.1 Å². The highest BCUT2D eigenvalue weighted by molar-refractivity contribution is 6.30. The van der Waals surface area contributed by atoms with Gasteiger partial charge in [-0.1, -0.05) is 29.8 Å². The minimum atomic E-state index is -0.0216. The SMILES string of the molecule is COc1cccc(CN(C)[C@H](C)c2nnc(-c3cccc(Cl)c3)o2)c1. The first-order valence-electron chi connectivity index (χ1n) is 7.99. The molecule has 2 aromatic carbocycles. The van der Waals surface area contributed by atoms with Crippen molar-refractivity contribution in [3.63, 3.8) is 0 Å². The van der Waals surface area contributed by atoms with Crippen LogP contribution in [0.15, 0.2) is 52.9 Å². The van der Waals surface area contributed by atoms with Crippen LogP contribution in [-0.2, 0) is 6.54 Å². The summed E-state index contributed by atoms with van der Waals surface area (Å²) >= 11 is 6.02. The average molecular weight is 358 g/mol. The lowest BCUT2D eigenvalue weighted by Crippen LogP contribution is -2.22. The number of nitrogens with zero attached hydrogens (tertiary/aromatic N) is 3. The van der Waals surface area contributed by atoms with Crippen molar-refractivity contribution in [1.82, 2.24) is 15.1 Å². The van der Waals surface area contributed by atoms with Crippen LogP contribution >= 0.6 is 11.6 Å². The third-order valence-corrected chi connectivity index (χ3v) is 4.33. The molecule has 0 aliphatic heterocycles. The topological polar surface area (TPSA) is 51.4 Å². The Kier molecular flexibility index (Phi) is 5.36. The van der Waals surface area contributed by atoms with E-state index in [0.29, 0.717) is 16.8 Å². The Labute approximate surface area is 152 Å². The summed E-state index contributed by atoms with van der Waals surface area (Å²) < 4.78 is 11.1. The third-order valence-electron chi connectivity index (χ3n) is 4.10. The Morgan fingerprint density at radius 3 is 2.72 bits per heavy atom. The van der Waals surface area contributed by atoms with E-state index in [9.17, 15) is 0 Å². The van der Waals surface area contributed by atoms with Crippen molar-refractivity contribution < 1.29 is 9.15 Å². The summed E-state index contributed by atoms with van der Waals surface area (Å²) in [7, 11) is 3.69. The van der Waals surface area contributed by atoms with Crippen molar-refractivity contribution in [3.05, 3.63) is 65.0 Å². The van der Waals surface area contributed by atoms with Crippen LogP contribution in [0.3, 0.4) is 0 Å². The van der Waals surface area contributed by atoms with Crippen LogP contribution in [0.4, 0.5) is 0 Å². The van der Waals surface area contributed by atoms with Gasteiger partial charge in [-0.2, -0.15) is 0 Å². The second kappa shape index (κ2) is 7.68. The maximum Gasteiger partial charge on any atom is 0.247 e. The maximum absolute atomic E-state index is 6.02. The molecule has 1 atom stereocenters. The Morgan fingerprint density at radius 1 is 1.16 bits per heavy atom. The van der Waals surface area contributed by atoms with Crippen LogP contribution in [0.2, 0.25) is 5.02 Å². The first-order chi connectivity index (χ1) is 12.1. The molecule has 0 aliphatic carbocycles. The Hall–Kier alpha value is -2.37. The van der Waals surface area contributed by atoms with E-state index >= 15 is 0 Å². The molecule has 0 fully saturated rings. The predicted molar refractivity (Wildman–Crippen MR) is 97.6 cm³/mol. The molecule has 3 rings (SSSR count). The van der Waals surface area contributed by atoms with Crippen molar-refractivity contribution in [2.24, 2.45) is 0 Å². The molecule has 0 saturated carbocycles. The van der Waals surface area contributed by atoms with Crippen LogP contribution in [-0.4, -0.2) is 29.3 Å². The highest BCUT2D eigenvalue weighted by Gasteiger charge is 2.19. The summed E-state index contributed by atoms with van der Waals surface area (Å²) in [6.07, 6.45) is 0. The molecule has 1 aromatic heterocycles.